The van der Waals surface area contributed by atoms with E-state index in [4.69, 9.17) is 5.84 Å². The number of nitrogens with two attached hydrogens (primary N) is 1. The van der Waals surface area contributed by atoms with E-state index in [1.165, 1.54) is 0 Å². The second-order valence-electron chi connectivity index (χ2n) is 3.88. The van der Waals surface area contributed by atoms with Crippen LogP contribution in [-0.4, -0.2) is 16.8 Å². The molecule has 1 aliphatic rings. The van der Waals surface area contributed by atoms with Crippen molar-refractivity contribution in [2.24, 2.45) is 5.84 Å². The molecular formula is C13H14N2O2. The lowest BCUT2D eigenvalue weighted by molar-refractivity contribution is -0.123. The third-order valence-corrected chi connectivity index (χ3v) is 2.99. The number of amides is 2. The number of nitrogens with zero attached hydrogens (tertiary/aromatic N) is 1. The molecule has 4 nitrogen and oxygen atoms in total. The molecule has 2 amide bonds. The van der Waals surface area contributed by atoms with Gasteiger partial charge in [0.25, 0.3) is 11.8 Å². The van der Waals surface area contributed by atoms with Crippen molar-refractivity contribution in [2.75, 3.05) is 0 Å². The number of rotatable bonds is 1. The van der Waals surface area contributed by atoms with Crippen LogP contribution < -0.4 is 5.84 Å². The summed E-state index contributed by atoms with van der Waals surface area (Å²) in [6.07, 6.45) is 2.47. The summed E-state index contributed by atoms with van der Waals surface area (Å²) in [6.45, 7) is 3.76. The van der Waals surface area contributed by atoms with Gasteiger partial charge in [0, 0.05) is 16.7 Å². The monoisotopic (exact) mass is 230 g/mol. The van der Waals surface area contributed by atoms with E-state index in [1.54, 1.807) is 19.1 Å². The van der Waals surface area contributed by atoms with Gasteiger partial charge in [0.15, 0.2) is 0 Å². The Kier molecular flexibility index (Phi) is 2.81. The minimum atomic E-state index is -0.439. The van der Waals surface area contributed by atoms with Gasteiger partial charge in [0.1, 0.15) is 0 Å². The van der Waals surface area contributed by atoms with Crippen LogP contribution in [0.1, 0.15) is 35.3 Å². The minimum Gasteiger partial charge on any atom is -0.267 e. The maximum atomic E-state index is 11.9. The first-order valence-corrected chi connectivity index (χ1v) is 5.53. The zero-order chi connectivity index (χ0) is 12.6. The molecule has 0 atom stereocenters. The summed E-state index contributed by atoms with van der Waals surface area (Å²) >= 11 is 0. The Morgan fingerprint density at radius 1 is 1.29 bits per heavy atom. The second-order valence-corrected chi connectivity index (χ2v) is 3.88. The molecule has 0 bridgehead atoms. The van der Waals surface area contributed by atoms with Gasteiger partial charge in [-0.1, -0.05) is 25.1 Å². The van der Waals surface area contributed by atoms with E-state index >= 15 is 0 Å². The van der Waals surface area contributed by atoms with Gasteiger partial charge in [0.05, 0.1) is 0 Å². The molecule has 0 unspecified atom stereocenters. The fourth-order valence-electron chi connectivity index (χ4n) is 2.12. The van der Waals surface area contributed by atoms with Gasteiger partial charge >= 0.3 is 0 Å². The normalized spacial score (nSPS) is 17.6. The van der Waals surface area contributed by atoms with E-state index in [0.29, 0.717) is 16.1 Å². The quantitative estimate of drug-likeness (QED) is 0.344. The Hall–Kier alpha value is -1.94. The summed E-state index contributed by atoms with van der Waals surface area (Å²) in [6, 6.07) is 5.44. The molecule has 2 rings (SSSR count). The molecule has 0 fully saturated rings. The number of allylic oxidation sites excluding steroid dienone is 1. The number of hydrazine groups is 1. The topological polar surface area (TPSA) is 63.4 Å². The Morgan fingerprint density at radius 3 is 2.59 bits per heavy atom. The minimum absolute atomic E-state index is 0.439. The Morgan fingerprint density at radius 2 is 2.00 bits per heavy atom. The number of imide groups is 1. The highest BCUT2D eigenvalue weighted by molar-refractivity contribution is 6.30. The third-order valence-electron chi connectivity index (χ3n) is 2.99. The van der Waals surface area contributed by atoms with Crippen LogP contribution in [0, 0.1) is 0 Å². The molecule has 88 valence electrons. The van der Waals surface area contributed by atoms with Crippen molar-refractivity contribution in [3.63, 3.8) is 0 Å². The first-order valence-electron chi connectivity index (χ1n) is 5.53. The fourth-order valence-corrected chi connectivity index (χ4v) is 2.12. The Balaban J connectivity index is 2.77. The predicted octanol–water partition coefficient (Wildman–Crippen LogP) is 1.51. The molecule has 4 heteroatoms. The lowest BCUT2D eigenvalue weighted by Gasteiger charge is -2.26. The summed E-state index contributed by atoms with van der Waals surface area (Å²) in [5.41, 5.74) is 2.72. The Labute approximate surface area is 99.7 Å². The number of hydrogen-bond donors (Lipinski definition) is 1. The predicted molar refractivity (Wildman–Crippen MR) is 64.8 cm³/mol. The van der Waals surface area contributed by atoms with Crippen molar-refractivity contribution in [3.8, 4) is 0 Å². The van der Waals surface area contributed by atoms with Crippen LogP contribution in [0.25, 0.3) is 5.57 Å². The van der Waals surface area contributed by atoms with Crippen molar-refractivity contribution in [2.45, 2.75) is 20.3 Å². The molecule has 1 aromatic carbocycles. The van der Waals surface area contributed by atoms with E-state index in [1.807, 2.05) is 19.1 Å². The van der Waals surface area contributed by atoms with Crippen molar-refractivity contribution < 1.29 is 9.59 Å². The van der Waals surface area contributed by atoms with E-state index in [0.717, 1.165) is 17.5 Å². The van der Waals surface area contributed by atoms with Gasteiger partial charge in [-0.05, 0) is 25.0 Å². The molecular weight excluding hydrogens is 216 g/mol. The number of benzene rings is 1. The molecule has 1 aromatic rings. The zero-order valence-corrected chi connectivity index (χ0v) is 9.86. The summed E-state index contributed by atoms with van der Waals surface area (Å²) in [7, 11) is 0. The van der Waals surface area contributed by atoms with Crippen LogP contribution in [0.3, 0.4) is 0 Å². The molecule has 0 aliphatic carbocycles. The molecule has 0 saturated carbocycles. The smallest absolute Gasteiger partial charge is 0.267 e. The highest BCUT2D eigenvalue weighted by Crippen LogP contribution is 2.30. The van der Waals surface area contributed by atoms with Gasteiger partial charge in [-0.2, -0.15) is 0 Å². The maximum Gasteiger partial charge on any atom is 0.275 e. The summed E-state index contributed by atoms with van der Waals surface area (Å²) in [4.78, 5) is 23.8. The molecule has 0 spiro atoms. The summed E-state index contributed by atoms with van der Waals surface area (Å²) in [5.74, 6) is 4.61. The molecule has 0 radical (unpaired) electrons. The van der Waals surface area contributed by atoms with Crippen LogP contribution in [-0.2, 0) is 11.2 Å². The van der Waals surface area contributed by atoms with E-state index < -0.39 is 11.8 Å². The maximum absolute atomic E-state index is 11.9. The van der Waals surface area contributed by atoms with Gasteiger partial charge in [-0.3, -0.25) is 9.59 Å². The van der Waals surface area contributed by atoms with Crippen LogP contribution in [0.5, 0.6) is 0 Å². The van der Waals surface area contributed by atoms with E-state index in [-0.39, 0.29) is 0 Å². The van der Waals surface area contributed by atoms with Crippen molar-refractivity contribution in [1.29, 1.82) is 0 Å². The molecule has 0 aromatic heterocycles. The lowest BCUT2D eigenvalue weighted by Crippen LogP contribution is -2.46. The molecule has 0 saturated heterocycles. The highest BCUT2D eigenvalue weighted by atomic mass is 16.2. The van der Waals surface area contributed by atoms with E-state index in [2.05, 4.69) is 0 Å². The zero-order valence-electron chi connectivity index (χ0n) is 9.86. The summed E-state index contributed by atoms with van der Waals surface area (Å²) < 4.78 is 0. The number of aryl methyl sites for hydroxylation is 1. The van der Waals surface area contributed by atoms with Crippen molar-refractivity contribution in [1.82, 2.24) is 5.01 Å². The fraction of sp³-hybridized carbons (Fsp3) is 0.231. The SMILES string of the molecule is C/C=C1/C(=O)N(N)C(=O)c2cccc(CC)c21. The van der Waals surface area contributed by atoms with Crippen LogP contribution in [0.15, 0.2) is 24.3 Å². The standard InChI is InChI=1S/C13H14N2O2/c1-3-8-6-5-7-10-11(8)9(4-2)12(16)15(14)13(10)17/h4-7H,3,14H2,1-2H3/b9-4+. The first-order chi connectivity index (χ1) is 8.11. The lowest BCUT2D eigenvalue weighted by atomic mass is 9.89. The average Bonchev–Trinajstić information content (AvgIpc) is 2.36. The van der Waals surface area contributed by atoms with Crippen molar-refractivity contribution in [3.05, 3.63) is 41.0 Å². The largest absolute Gasteiger partial charge is 0.275 e. The molecule has 2 N–H and O–H groups in total. The first kappa shape index (κ1) is 11.5. The van der Waals surface area contributed by atoms with Crippen LogP contribution in [0.2, 0.25) is 0 Å². The Bertz CT molecular complexity index is 532. The highest BCUT2D eigenvalue weighted by Gasteiger charge is 2.33. The number of fused-ring (bicyclic) bond motifs is 1. The number of hydrogen-bond acceptors (Lipinski definition) is 3. The average molecular weight is 230 g/mol. The van der Waals surface area contributed by atoms with Gasteiger partial charge in [-0.15, -0.1) is 0 Å². The molecule has 1 aliphatic heterocycles. The van der Waals surface area contributed by atoms with Crippen molar-refractivity contribution >= 4 is 17.4 Å². The van der Waals surface area contributed by atoms with Gasteiger partial charge in [-0.25, -0.2) is 10.9 Å². The van der Waals surface area contributed by atoms with Gasteiger partial charge in [0.2, 0.25) is 0 Å². The number of carbonyl (C=O) groups is 2. The third kappa shape index (κ3) is 1.57. The number of carbonyl (C=O) groups excluding carboxylic acids is 2. The molecule has 17 heavy (non-hydrogen) atoms. The van der Waals surface area contributed by atoms with Gasteiger partial charge < -0.3 is 0 Å². The second kappa shape index (κ2) is 4.14. The summed E-state index contributed by atoms with van der Waals surface area (Å²) in [5, 5.41) is 0.678. The molecule has 1 heterocycles. The van der Waals surface area contributed by atoms with Crippen LogP contribution in [0.4, 0.5) is 0 Å². The van der Waals surface area contributed by atoms with Crippen LogP contribution >= 0.6 is 0 Å². The van der Waals surface area contributed by atoms with E-state index in [9.17, 15) is 9.59 Å².